The minimum absolute atomic E-state index is 0.102. The third-order valence-electron chi connectivity index (χ3n) is 4.06. The van der Waals surface area contributed by atoms with Gasteiger partial charge in [0.1, 0.15) is 0 Å². The van der Waals surface area contributed by atoms with Crippen LogP contribution in [0.3, 0.4) is 0 Å². The molecule has 2 aliphatic rings. The zero-order valence-electron chi connectivity index (χ0n) is 11.8. The van der Waals surface area contributed by atoms with Gasteiger partial charge in [-0.3, -0.25) is 19.3 Å². The first kappa shape index (κ1) is 13.6. The average Bonchev–Trinajstić information content (AvgIpc) is 3.18. The molecule has 0 radical (unpaired) electrons. The van der Waals surface area contributed by atoms with E-state index in [1.54, 1.807) is 12.1 Å². The van der Waals surface area contributed by atoms with Crippen molar-refractivity contribution in [2.24, 2.45) is 11.8 Å². The van der Waals surface area contributed by atoms with Crippen molar-refractivity contribution in [3.63, 3.8) is 0 Å². The highest BCUT2D eigenvalue weighted by atomic mass is 16.2. The molecule has 2 unspecified atom stereocenters. The fraction of sp³-hybridized carbons (Fsp3) is 0.400. The van der Waals surface area contributed by atoms with Gasteiger partial charge in [0, 0.05) is 24.3 Å². The molecule has 1 saturated heterocycles. The molecule has 110 valence electrons. The van der Waals surface area contributed by atoms with Crippen molar-refractivity contribution in [1.29, 1.82) is 0 Å². The summed E-state index contributed by atoms with van der Waals surface area (Å²) in [5.74, 6) is -0.714. The maximum atomic E-state index is 11.9. The normalized spacial score (nSPS) is 23.2. The summed E-state index contributed by atoms with van der Waals surface area (Å²) in [6, 6.07) is 5.28. The molecule has 0 spiro atoms. The predicted octanol–water partition coefficient (Wildman–Crippen LogP) is 0.911. The maximum Gasteiger partial charge on any atom is 0.233 e. The van der Waals surface area contributed by atoms with Crippen LogP contribution in [0.15, 0.2) is 18.2 Å². The van der Waals surface area contributed by atoms with Gasteiger partial charge in [0.25, 0.3) is 0 Å². The lowest BCUT2D eigenvalue weighted by atomic mass is 10.2. The van der Waals surface area contributed by atoms with Crippen molar-refractivity contribution < 1.29 is 14.4 Å². The third kappa shape index (κ3) is 2.49. The summed E-state index contributed by atoms with van der Waals surface area (Å²) in [6.07, 6.45) is 0.786. The molecule has 3 N–H and O–H groups in total. The van der Waals surface area contributed by atoms with Gasteiger partial charge in [-0.25, -0.2) is 0 Å². The van der Waals surface area contributed by atoms with Crippen LogP contribution in [0.4, 0.5) is 11.4 Å². The van der Waals surface area contributed by atoms with Crippen LogP contribution in [0, 0.1) is 18.8 Å². The average molecular weight is 287 g/mol. The largest absolute Gasteiger partial charge is 0.399 e. The number of fused-ring (bicyclic) bond motifs is 1. The van der Waals surface area contributed by atoms with Gasteiger partial charge in [-0.1, -0.05) is 6.07 Å². The van der Waals surface area contributed by atoms with E-state index in [0.29, 0.717) is 17.8 Å². The van der Waals surface area contributed by atoms with Crippen molar-refractivity contribution in [2.45, 2.75) is 19.8 Å². The Morgan fingerprint density at radius 1 is 1.33 bits per heavy atom. The summed E-state index contributed by atoms with van der Waals surface area (Å²) in [5.41, 5.74) is 7.82. The third-order valence-corrected chi connectivity index (χ3v) is 4.06. The zero-order valence-corrected chi connectivity index (χ0v) is 11.8. The van der Waals surface area contributed by atoms with Gasteiger partial charge in [0.2, 0.25) is 17.7 Å². The number of nitrogens with zero attached hydrogens (tertiary/aromatic N) is 1. The van der Waals surface area contributed by atoms with E-state index in [1.807, 2.05) is 13.0 Å². The molecule has 1 aliphatic heterocycles. The number of imide groups is 1. The van der Waals surface area contributed by atoms with E-state index in [-0.39, 0.29) is 42.5 Å². The van der Waals surface area contributed by atoms with Gasteiger partial charge >= 0.3 is 0 Å². The van der Waals surface area contributed by atoms with Crippen LogP contribution in [-0.4, -0.2) is 29.2 Å². The van der Waals surface area contributed by atoms with E-state index < -0.39 is 0 Å². The predicted molar refractivity (Wildman–Crippen MR) is 77.2 cm³/mol. The van der Waals surface area contributed by atoms with E-state index in [9.17, 15) is 14.4 Å². The molecular formula is C15H17N3O3. The van der Waals surface area contributed by atoms with Crippen molar-refractivity contribution in [3.05, 3.63) is 23.8 Å². The number of hydrogen-bond acceptors (Lipinski definition) is 4. The fourth-order valence-electron chi connectivity index (χ4n) is 2.67. The Labute approximate surface area is 122 Å². The number of carbonyl (C=O) groups excluding carboxylic acids is 3. The fourth-order valence-corrected chi connectivity index (χ4v) is 2.67. The maximum absolute atomic E-state index is 11.9. The highest BCUT2D eigenvalue weighted by molar-refractivity contribution is 6.09. The Kier molecular flexibility index (Phi) is 3.16. The Balaban J connectivity index is 1.56. The van der Waals surface area contributed by atoms with Crippen LogP contribution in [0.2, 0.25) is 0 Å². The van der Waals surface area contributed by atoms with Crippen LogP contribution in [0.5, 0.6) is 0 Å². The molecule has 1 aromatic carbocycles. The lowest BCUT2D eigenvalue weighted by Gasteiger charge is -2.16. The van der Waals surface area contributed by atoms with Crippen molar-refractivity contribution >= 4 is 29.1 Å². The number of likely N-dealkylation sites (tertiary alicyclic amines) is 1. The second-order valence-electron chi connectivity index (χ2n) is 5.65. The number of piperidine rings is 1. The molecule has 3 rings (SSSR count). The van der Waals surface area contributed by atoms with Crippen LogP contribution in [0.1, 0.15) is 18.4 Å². The number of amides is 3. The number of benzene rings is 1. The Morgan fingerprint density at radius 3 is 2.67 bits per heavy atom. The van der Waals surface area contributed by atoms with Crippen LogP contribution in [-0.2, 0) is 14.4 Å². The van der Waals surface area contributed by atoms with E-state index in [4.69, 9.17) is 5.73 Å². The molecule has 6 nitrogen and oxygen atoms in total. The van der Waals surface area contributed by atoms with Crippen LogP contribution in [0.25, 0.3) is 0 Å². The lowest BCUT2D eigenvalue weighted by molar-refractivity contribution is -0.141. The number of carbonyl (C=O) groups is 3. The van der Waals surface area contributed by atoms with Crippen LogP contribution >= 0.6 is 0 Å². The minimum atomic E-state index is -0.232. The Morgan fingerprint density at radius 2 is 2.00 bits per heavy atom. The topological polar surface area (TPSA) is 92.5 Å². The molecule has 3 amide bonds. The molecule has 21 heavy (non-hydrogen) atoms. The standard InChI is InChI=1S/C15H17N3O3/c1-8-2-3-9(16)6-12(8)17-13(19)4-5-18-14(20)10-7-11(10)15(18)21/h2-3,6,10-11H,4-5,7,16H2,1H3,(H,17,19). The van der Waals surface area contributed by atoms with Gasteiger partial charge in [0.15, 0.2) is 0 Å². The summed E-state index contributed by atoms with van der Waals surface area (Å²) in [5, 5.41) is 2.76. The number of aryl methyl sites for hydroxylation is 1. The van der Waals surface area contributed by atoms with Gasteiger partial charge in [-0.2, -0.15) is 0 Å². The SMILES string of the molecule is Cc1ccc(N)cc1NC(=O)CCN1C(=O)C2CC2C1=O. The first-order valence-corrected chi connectivity index (χ1v) is 6.98. The first-order chi connectivity index (χ1) is 9.97. The van der Waals surface area contributed by atoms with Crippen molar-refractivity contribution in [3.8, 4) is 0 Å². The van der Waals surface area contributed by atoms with E-state index >= 15 is 0 Å². The minimum Gasteiger partial charge on any atom is -0.399 e. The number of rotatable bonds is 4. The molecule has 1 aliphatic carbocycles. The Bertz CT molecular complexity index is 621. The van der Waals surface area contributed by atoms with Crippen LogP contribution < -0.4 is 11.1 Å². The summed E-state index contributed by atoms with van der Waals surface area (Å²) in [6.45, 7) is 2.02. The summed E-state index contributed by atoms with van der Waals surface area (Å²) in [4.78, 5) is 36.7. The number of anilines is 2. The van der Waals surface area contributed by atoms with Crippen molar-refractivity contribution in [1.82, 2.24) is 4.90 Å². The molecule has 0 bridgehead atoms. The smallest absolute Gasteiger partial charge is 0.233 e. The number of nitrogens with two attached hydrogens (primary N) is 1. The molecule has 0 aromatic heterocycles. The molecule has 2 atom stereocenters. The highest BCUT2D eigenvalue weighted by Crippen LogP contribution is 2.46. The summed E-state index contributed by atoms with van der Waals surface area (Å²) >= 11 is 0. The molecule has 1 saturated carbocycles. The quantitative estimate of drug-likeness (QED) is 0.636. The van der Waals surface area contributed by atoms with Gasteiger partial charge in [0.05, 0.1) is 11.8 Å². The zero-order chi connectivity index (χ0) is 15.1. The molecule has 6 heteroatoms. The van der Waals surface area contributed by atoms with Gasteiger partial charge in [-0.05, 0) is 31.0 Å². The molecule has 2 fully saturated rings. The van der Waals surface area contributed by atoms with E-state index in [0.717, 1.165) is 5.56 Å². The summed E-state index contributed by atoms with van der Waals surface area (Å²) in [7, 11) is 0. The molecular weight excluding hydrogens is 270 g/mol. The molecule has 1 heterocycles. The second kappa shape index (κ2) is 4.87. The summed E-state index contributed by atoms with van der Waals surface area (Å²) < 4.78 is 0. The number of hydrogen-bond donors (Lipinski definition) is 2. The van der Waals surface area contributed by atoms with Gasteiger partial charge < -0.3 is 11.1 Å². The lowest BCUT2D eigenvalue weighted by Crippen LogP contribution is -2.35. The number of nitrogen functional groups attached to an aromatic ring is 1. The first-order valence-electron chi connectivity index (χ1n) is 6.98. The monoisotopic (exact) mass is 287 g/mol. The second-order valence-corrected chi connectivity index (χ2v) is 5.65. The van der Waals surface area contributed by atoms with E-state index in [2.05, 4.69) is 5.32 Å². The molecule has 1 aromatic rings. The van der Waals surface area contributed by atoms with E-state index in [1.165, 1.54) is 4.90 Å². The Hall–Kier alpha value is -2.37. The highest BCUT2D eigenvalue weighted by Gasteiger charge is 2.58. The number of nitrogens with one attached hydrogen (secondary N) is 1. The van der Waals surface area contributed by atoms with Crippen molar-refractivity contribution in [2.75, 3.05) is 17.6 Å². The van der Waals surface area contributed by atoms with Gasteiger partial charge in [-0.15, -0.1) is 0 Å².